The van der Waals surface area contributed by atoms with Crippen molar-refractivity contribution < 1.29 is 4.79 Å². The van der Waals surface area contributed by atoms with E-state index in [0.29, 0.717) is 10.6 Å². The van der Waals surface area contributed by atoms with Gasteiger partial charge >= 0.3 is 0 Å². The number of aryl methyl sites for hydroxylation is 1. The van der Waals surface area contributed by atoms with E-state index in [1.807, 2.05) is 94.4 Å². The monoisotopic (exact) mass is 657 g/mol. The Morgan fingerprint density at radius 3 is 2.12 bits per heavy atom. The number of benzene rings is 4. The Morgan fingerprint density at radius 2 is 1.45 bits per heavy atom. The molecule has 0 saturated carbocycles. The molecule has 1 fully saturated rings. The molecule has 0 radical (unpaired) electrons. The number of fused-ring (bicyclic) bond motifs is 2. The molecule has 2 atom stereocenters. The number of para-hydroxylation sites is 2. The lowest BCUT2D eigenvalue weighted by Gasteiger charge is -2.45. The van der Waals surface area contributed by atoms with Gasteiger partial charge in [0.05, 0.1) is 5.69 Å². The van der Waals surface area contributed by atoms with Crippen LogP contribution in [-0.4, -0.2) is 20.8 Å². The van der Waals surface area contributed by atoms with Crippen molar-refractivity contribution in [1.82, 2.24) is 20.3 Å². The van der Waals surface area contributed by atoms with Crippen molar-refractivity contribution in [3.05, 3.63) is 140 Å². The fourth-order valence-corrected chi connectivity index (χ4v) is 6.55. The van der Waals surface area contributed by atoms with Crippen LogP contribution in [0.25, 0.3) is 0 Å². The molecule has 2 aliphatic rings. The van der Waals surface area contributed by atoms with E-state index in [-0.39, 0.29) is 5.91 Å². The number of hydrogen-bond donors (Lipinski definition) is 3. The molecule has 8 nitrogen and oxygen atoms in total. The molecule has 40 heavy (non-hydrogen) atoms. The molecule has 1 amide bonds. The fraction of sp³-hybridized carbons (Fsp3) is 0.100. The highest BCUT2D eigenvalue weighted by Gasteiger charge is 2.69. The summed E-state index contributed by atoms with van der Waals surface area (Å²) in [7, 11) is 0. The van der Waals surface area contributed by atoms with Gasteiger partial charge in [0, 0.05) is 20.4 Å². The van der Waals surface area contributed by atoms with E-state index in [1.165, 1.54) is 0 Å². The molecule has 3 N–H and O–H groups in total. The minimum absolute atomic E-state index is 0.212. The number of nitrogens with one attached hydrogen (secondary N) is 3. The summed E-state index contributed by atoms with van der Waals surface area (Å²) in [6.45, 7) is 1.88. The van der Waals surface area contributed by atoms with Gasteiger partial charge in [-0.05, 0) is 77.6 Å². The summed E-state index contributed by atoms with van der Waals surface area (Å²) >= 11 is 8.18. The first-order chi connectivity index (χ1) is 19.5. The summed E-state index contributed by atoms with van der Waals surface area (Å²) in [5.74, 6) is 0.403. The van der Waals surface area contributed by atoms with Crippen LogP contribution in [0.2, 0.25) is 0 Å². The lowest BCUT2D eigenvalue weighted by molar-refractivity contribution is -0.121. The predicted octanol–water partition coefficient (Wildman–Crippen LogP) is 5.52. The van der Waals surface area contributed by atoms with Gasteiger partial charge in [-0.15, -0.1) is 0 Å². The highest BCUT2D eigenvalue weighted by atomic mass is 127. The number of H-pyrrole nitrogens is 1. The maximum Gasteiger partial charge on any atom is 0.279 e. The van der Waals surface area contributed by atoms with E-state index >= 15 is 0 Å². The first kappa shape index (κ1) is 25.0. The van der Waals surface area contributed by atoms with Crippen LogP contribution in [0.4, 0.5) is 11.4 Å². The minimum atomic E-state index is -1.40. The fourth-order valence-electron chi connectivity index (χ4n) is 5.93. The van der Waals surface area contributed by atoms with Gasteiger partial charge in [-0.2, -0.15) is 10.5 Å². The molecule has 198 valence electrons. The molecule has 0 aliphatic carbocycles. The second-order valence-electron chi connectivity index (χ2n) is 9.74. The van der Waals surface area contributed by atoms with E-state index in [1.54, 1.807) is 0 Å². The zero-order chi connectivity index (χ0) is 27.5. The Labute approximate surface area is 249 Å². The summed E-state index contributed by atoms with van der Waals surface area (Å²) in [6.07, 6.45) is 0. The summed E-state index contributed by atoms with van der Waals surface area (Å²) in [6, 6.07) is 36.2. The number of carbonyl (C=O) groups is 1. The van der Waals surface area contributed by atoms with Crippen LogP contribution >= 0.6 is 34.8 Å². The van der Waals surface area contributed by atoms with Crippen LogP contribution in [0.15, 0.2) is 109 Å². The van der Waals surface area contributed by atoms with E-state index in [2.05, 4.69) is 79.9 Å². The largest absolute Gasteiger partial charge is 0.322 e. The molecule has 0 bridgehead atoms. The molecular weight excluding hydrogens is 633 g/mol. The number of amides is 1. The second kappa shape index (κ2) is 9.29. The van der Waals surface area contributed by atoms with Crippen LogP contribution in [0.3, 0.4) is 0 Å². The third kappa shape index (κ3) is 3.36. The number of anilines is 2. The summed E-state index contributed by atoms with van der Waals surface area (Å²) < 4.78 is 3.32. The maximum atomic E-state index is 14.7. The summed E-state index contributed by atoms with van der Waals surface area (Å²) in [4.78, 5) is 14.7. The summed E-state index contributed by atoms with van der Waals surface area (Å²) in [5, 5.41) is 14.6. The van der Waals surface area contributed by atoms with Crippen molar-refractivity contribution in [1.29, 1.82) is 0 Å². The molecule has 2 aliphatic heterocycles. The first-order valence-corrected chi connectivity index (χ1v) is 14.3. The zero-order valence-electron chi connectivity index (χ0n) is 21.4. The zero-order valence-corrected chi connectivity index (χ0v) is 24.3. The van der Waals surface area contributed by atoms with Crippen molar-refractivity contribution in [2.45, 2.75) is 18.2 Å². The topological polar surface area (TPSA) is 81.2 Å². The molecule has 1 saturated heterocycles. The van der Waals surface area contributed by atoms with Gasteiger partial charge in [0.15, 0.2) is 5.66 Å². The number of nitrogens with zero attached hydrogens (tertiary/aromatic N) is 4. The molecule has 1 spiro atoms. The van der Waals surface area contributed by atoms with E-state index < -0.39 is 11.3 Å². The van der Waals surface area contributed by atoms with Crippen molar-refractivity contribution in [3.8, 4) is 0 Å². The molecule has 2 unspecified atom stereocenters. The number of hydrazine groups is 1. The van der Waals surface area contributed by atoms with Gasteiger partial charge in [0.25, 0.3) is 11.6 Å². The Kier molecular flexibility index (Phi) is 5.81. The van der Waals surface area contributed by atoms with Crippen LogP contribution in [0, 0.1) is 15.3 Å². The summed E-state index contributed by atoms with van der Waals surface area (Å²) in [5.41, 5.74) is 5.56. The first-order valence-electron chi connectivity index (χ1n) is 12.8. The molecule has 7 rings (SSSR count). The van der Waals surface area contributed by atoms with Crippen LogP contribution in [-0.2, 0) is 16.1 Å². The van der Waals surface area contributed by atoms with Gasteiger partial charge in [-0.1, -0.05) is 78.9 Å². The van der Waals surface area contributed by atoms with Crippen LogP contribution in [0.5, 0.6) is 0 Å². The Balaban J connectivity index is 1.68. The van der Waals surface area contributed by atoms with Gasteiger partial charge in [-0.3, -0.25) is 14.9 Å². The van der Waals surface area contributed by atoms with Gasteiger partial charge in [0.1, 0.15) is 5.82 Å². The number of halogens is 1. The Bertz CT molecular complexity index is 1790. The normalized spacial score (nSPS) is 21.6. The lowest BCUT2D eigenvalue weighted by Crippen LogP contribution is -2.64. The third-order valence-electron chi connectivity index (χ3n) is 7.57. The molecule has 5 aromatic rings. The number of rotatable bonds is 4. The minimum Gasteiger partial charge on any atom is -0.322 e. The lowest BCUT2D eigenvalue weighted by atomic mass is 9.88. The second-order valence-corrected chi connectivity index (χ2v) is 11.4. The van der Waals surface area contributed by atoms with E-state index in [0.717, 1.165) is 31.6 Å². The Hall–Kier alpha value is -4.00. The smallest absolute Gasteiger partial charge is 0.279 e. The number of hydrogen-bond acceptors (Lipinski definition) is 6. The average Bonchev–Trinajstić information content (AvgIpc) is 3.59. The quantitative estimate of drug-likeness (QED) is 0.175. The third-order valence-corrected chi connectivity index (χ3v) is 8.55. The Morgan fingerprint density at radius 1 is 0.825 bits per heavy atom. The van der Waals surface area contributed by atoms with Crippen molar-refractivity contribution in [3.63, 3.8) is 0 Å². The standard InChI is InChI=1S/C30H24IN7OS/c1-20-33-34-28(40)36(20)38-29(21-10-4-2-5-11-21,22-16-18-23(31)19-17-22)35-37(24-12-6-3-7-13-24)30(38)25-14-8-9-15-26(25)32-27(30)39/h2-19,35H,1H3,(H,32,39)(H,34,40). The molecule has 4 aromatic carbocycles. The average molecular weight is 658 g/mol. The SMILES string of the molecule is Cc1n[nH]c(=S)n1N1C(c2ccccc2)(c2ccc(I)cc2)NN(c2ccccc2)C12C(=O)Nc1ccccc12. The highest BCUT2D eigenvalue weighted by molar-refractivity contribution is 14.1. The number of aromatic nitrogens is 3. The van der Waals surface area contributed by atoms with Gasteiger partial charge in [0.2, 0.25) is 4.77 Å². The maximum absolute atomic E-state index is 14.7. The number of carbonyl (C=O) groups excluding carboxylic acids is 1. The van der Waals surface area contributed by atoms with Crippen molar-refractivity contribution in [2.75, 3.05) is 15.3 Å². The van der Waals surface area contributed by atoms with Crippen molar-refractivity contribution >= 4 is 52.1 Å². The van der Waals surface area contributed by atoms with Crippen molar-refractivity contribution in [2.24, 2.45) is 0 Å². The number of aromatic amines is 1. The van der Waals surface area contributed by atoms with E-state index in [9.17, 15) is 4.79 Å². The molecule has 3 heterocycles. The molecule has 1 aromatic heterocycles. The van der Waals surface area contributed by atoms with Gasteiger partial charge in [-0.25, -0.2) is 9.69 Å². The van der Waals surface area contributed by atoms with Crippen LogP contribution in [0.1, 0.15) is 22.5 Å². The van der Waals surface area contributed by atoms with Gasteiger partial charge < -0.3 is 5.32 Å². The molecule has 10 heteroatoms. The highest BCUT2D eigenvalue weighted by Crippen LogP contribution is 2.54. The van der Waals surface area contributed by atoms with Crippen LogP contribution < -0.4 is 20.8 Å². The molecular formula is C30H24IN7OS. The predicted molar refractivity (Wildman–Crippen MR) is 166 cm³/mol. The van der Waals surface area contributed by atoms with E-state index in [4.69, 9.17) is 12.2 Å².